The molecule has 1 aliphatic heterocycles. The lowest BCUT2D eigenvalue weighted by atomic mass is 9.98. The van der Waals surface area contributed by atoms with Gasteiger partial charge in [-0.2, -0.15) is 0 Å². The summed E-state index contributed by atoms with van der Waals surface area (Å²) in [6, 6.07) is 24.0. The van der Waals surface area contributed by atoms with Gasteiger partial charge in [-0.25, -0.2) is 0 Å². The van der Waals surface area contributed by atoms with Crippen molar-refractivity contribution in [1.82, 2.24) is 15.2 Å². The van der Waals surface area contributed by atoms with E-state index in [1.54, 1.807) is 7.11 Å². The molecule has 31 heavy (non-hydrogen) atoms. The number of hydrogen-bond donors (Lipinski definition) is 1. The van der Waals surface area contributed by atoms with E-state index in [1.165, 1.54) is 35.2 Å². The van der Waals surface area contributed by atoms with E-state index in [-0.39, 0.29) is 0 Å². The van der Waals surface area contributed by atoms with Crippen LogP contribution in [0.4, 0.5) is 0 Å². The smallest absolute Gasteiger partial charge is 0.119 e. The van der Waals surface area contributed by atoms with Crippen molar-refractivity contribution in [1.29, 1.82) is 0 Å². The number of likely N-dealkylation sites (tertiary alicyclic amines) is 1. The summed E-state index contributed by atoms with van der Waals surface area (Å²) in [5.41, 5.74) is 6.21. The minimum absolute atomic E-state index is 0.567. The average Bonchev–Trinajstić information content (AvgIpc) is 2.84. The predicted octanol–water partition coefficient (Wildman–Crippen LogP) is 5.07. The van der Waals surface area contributed by atoms with E-state index in [2.05, 4.69) is 77.8 Å². The molecule has 162 valence electrons. The van der Waals surface area contributed by atoms with Crippen molar-refractivity contribution < 1.29 is 4.74 Å². The van der Waals surface area contributed by atoms with Crippen molar-refractivity contribution >= 4 is 0 Å². The van der Waals surface area contributed by atoms with Crippen molar-refractivity contribution in [3.8, 4) is 16.9 Å². The van der Waals surface area contributed by atoms with Crippen LogP contribution in [0.1, 0.15) is 36.7 Å². The number of rotatable bonds is 8. The third kappa shape index (κ3) is 5.72. The number of ether oxygens (including phenoxy) is 1. The topological polar surface area (TPSA) is 37.4 Å². The standard InChI is InChI=1S/C27H33N3O/c1-3-23-10-7-11-25(29-23)19-28-24-14-16-30(17-15-24)20-22-8-4-5-13-27(22)21-9-6-12-26(18-21)31-2/h4-13,18,24,28H,3,14-17,19-20H2,1-2H3. The number of aryl methyl sites for hydroxylation is 1. The fraction of sp³-hybridized carbons (Fsp3) is 0.370. The highest BCUT2D eigenvalue weighted by Gasteiger charge is 2.20. The molecular formula is C27H33N3O. The maximum Gasteiger partial charge on any atom is 0.119 e. The summed E-state index contributed by atoms with van der Waals surface area (Å²) >= 11 is 0. The minimum atomic E-state index is 0.567. The van der Waals surface area contributed by atoms with Gasteiger partial charge in [0, 0.05) is 24.8 Å². The van der Waals surface area contributed by atoms with Gasteiger partial charge in [0.05, 0.1) is 12.8 Å². The summed E-state index contributed by atoms with van der Waals surface area (Å²) in [6.45, 7) is 6.23. The van der Waals surface area contributed by atoms with Gasteiger partial charge in [0.15, 0.2) is 0 Å². The first-order chi connectivity index (χ1) is 15.2. The maximum atomic E-state index is 5.42. The van der Waals surface area contributed by atoms with E-state index >= 15 is 0 Å². The lowest BCUT2D eigenvalue weighted by Crippen LogP contribution is -2.42. The van der Waals surface area contributed by atoms with Gasteiger partial charge in [-0.05, 0) is 73.3 Å². The highest BCUT2D eigenvalue weighted by Crippen LogP contribution is 2.28. The first-order valence-corrected chi connectivity index (χ1v) is 11.4. The molecule has 3 aromatic rings. The fourth-order valence-corrected chi connectivity index (χ4v) is 4.34. The zero-order chi connectivity index (χ0) is 21.5. The van der Waals surface area contributed by atoms with Gasteiger partial charge < -0.3 is 10.1 Å². The van der Waals surface area contributed by atoms with Gasteiger partial charge in [-0.1, -0.05) is 49.4 Å². The van der Waals surface area contributed by atoms with E-state index < -0.39 is 0 Å². The number of pyridine rings is 1. The van der Waals surface area contributed by atoms with E-state index in [4.69, 9.17) is 9.72 Å². The Morgan fingerprint density at radius 3 is 2.55 bits per heavy atom. The van der Waals surface area contributed by atoms with Crippen LogP contribution in [0, 0.1) is 0 Å². The SMILES string of the molecule is CCc1cccc(CNC2CCN(Cc3ccccc3-c3cccc(OC)c3)CC2)n1. The summed E-state index contributed by atoms with van der Waals surface area (Å²) in [7, 11) is 1.72. The third-order valence-electron chi connectivity index (χ3n) is 6.18. The molecule has 0 unspecified atom stereocenters. The van der Waals surface area contributed by atoms with Gasteiger partial charge in [-0.3, -0.25) is 9.88 Å². The summed E-state index contributed by atoms with van der Waals surface area (Å²) in [5.74, 6) is 0.901. The fourth-order valence-electron chi connectivity index (χ4n) is 4.34. The van der Waals surface area contributed by atoms with E-state index in [0.29, 0.717) is 6.04 Å². The molecule has 0 amide bonds. The molecule has 1 aliphatic rings. The van der Waals surface area contributed by atoms with Gasteiger partial charge in [-0.15, -0.1) is 0 Å². The molecule has 1 N–H and O–H groups in total. The second kappa shape index (κ2) is 10.6. The Morgan fingerprint density at radius 2 is 1.74 bits per heavy atom. The van der Waals surface area contributed by atoms with Crippen LogP contribution < -0.4 is 10.1 Å². The van der Waals surface area contributed by atoms with Crippen molar-refractivity contribution in [2.24, 2.45) is 0 Å². The Morgan fingerprint density at radius 1 is 0.968 bits per heavy atom. The van der Waals surface area contributed by atoms with E-state index in [1.807, 2.05) is 6.07 Å². The second-order valence-corrected chi connectivity index (χ2v) is 8.29. The Bertz CT molecular complexity index is 979. The zero-order valence-electron chi connectivity index (χ0n) is 18.7. The van der Waals surface area contributed by atoms with Crippen LogP contribution in [-0.2, 0) is 19.5 Å². The van der Waals surface area contributed by atoms with Crippen LogP contribution in [0.3, 0.4) is 0 Å². The molecule has 0 bridgehead atoms. The third-order valence-corrected chi connectivity index (χ3v) is 6.18. The molecule has 0 aliphatic carbocycles. The number of benzene rings is 2. The summed E-state index contributed by atoms with van der Waals surface area (Å²) in [5, 5.41) is 3.72. The van der Waals surface area contributed by atoms with Crippen LogP contribution >= 0.6 is 0 Å². The quantitative estimate of drug-likeness (QED) is 0.557. The molecule has 1 aromatic heterocycles. The molecule has 2 heterocycles. The van der Waals surface area contributed by atoms with Gasteiger partial charge >= 0.3 is 0 Å². The Hall–Kier alpha value is -2.69. The van der Waals surface area contributed by atoms with Crippen LogP contribution in [0.25, 0.3) is 11.1 Å². The highest BCUT2D eigenvalue weighted by molar-refractivity contribution is 5.68. The van der Waals surface area contributed by atoms with Crippen LogP contribution in [0.2, 0.25) is 0 Å². The summed E-state index contributed by atoms with van der Waals surface area (Å²) < 4.78 is 5.42. The van der Waals surface area contributed by atoms with Crippen molar-refractivity contribution in [2.75, 3.05) is 20.2 Å². The molecular weight excluding hydrogens is 382 g/mol. The van der Waals surface area contributed by atoms with Gasteiger partial charge in [0.2, 0.25) is 0 Å². The largest absolute Gasteiger partial charge is 0.497 e. The highest BCUT2D eigenvalue weighted by atomic mass is 16.5. The Balaban J connectivity index is 1.33. The van der Waals surface area contributed by atoms with Crippen LogP contribution in [0.5, 0.6) is 5.75 Å². The maximum absolute atomic E-state index is 5.42. The van der Waals surface area contributed by atoms with Crippen molar-refractivity contribution in [2.45, 2.75) is 45.3 Å². The first kappa shape index (κ1) is 21.5. The van der Waals surface area contributed by atoms with E-state index in [0.717, 1.165) is 44.0 Å². The molecule has 4 heteroatoms. The molecule has 0 atom stereocenters. The lowest BCUT2D eigenvalue weighted by molar-refractivity contribution is 0.190. The average molecular weight is 416 g/mol. The monoisotopic (exact) mass is 415 g/mol. The second-order valence-electron chi connectivity index (χ2n) is 8.29. The molecule has 0 saturated carbocycles. The van der Waals surface area contributed by atoms with Crippen molar-refractivity contribution in [3.05, 3.63) is 83.7 Å². The molecule has 1 fully saturated rings. The minimum Gasteiger partial charge on any atom is -0.497 e. The van der Waals surface area contributed by atoms with Gasteiger partial charge in [0.25, 0.3) is 0 Å². The normalized spacial score (nSPS) is 15.2. The molecule has 1 saturated heterocycles. The number of methoxy groups -OCH3 is 1. The predicted molar refractivity (Wildman–Crippen MR) is 127 cm³/mol. The van der Waals surface area contributed by atoms with E-state index in [9.17, 15) is 0 Å². The van der Waals surface area contributed by atoms with Gasteiger partial charge in [0.1, 0.15) is 5.75 Å². The number of nitrogens with zero attached hydrogens (tertiary/aromatic N) is 2. The molecule has 2 aromatic carbocycles. The number of aromatic nitrogens is 1. The molecule has 0 spiro atoms. The lowest BCUT2D eigenvalue weighted by Gasteiger charge is -2.33. The Kier molecular flexibility index (Phi) is 7.34. The molecule has 4 nitrogen and oxygen atoms in total. The molecule has 4 rings (SSSR count). The van der Waals surface area contributed by atoms with Crippen LogP contribution in [0.15, 0.2) is 66.7 Å². The summed E-state index contributed by atoms with van der Waals surface area (Å²) in [6.07, 6.45) is 3.34. The summed E-state index contributed by atoms with van der Waals surface area (Å²) in [4.78, 5) is 7.29. The number of piperidine rings is 1. The number of hydrogen-bond acceptors (Lipinski definition) is 4. The number of nitrogens with one attached hydrogen (secondary N) is 1. The molecule has 0 radical (unpaired) electrons. The Labute approximate surface area is 186 Å². The van der Waals surface area contributed by atoms with Crippen LogP contribution in [-0.4, -0.2) is 36.1 Å². The van der Waals surface area contributed by atoms with Crippen molar-refractivity contribution in [3.63, 3.8) is 0 Å². The first-order valence-electron chi connectivity index (χ1n) is 11.4. The zero-order valence-corrected chi connectivity index (χ0v) is 18.7.